The summed E-state index contributed by atoms with van der Waals surface area (Å²) in [5, 5.41) is 3.75. The molecule has 6 heteroatoms. The van der Waals surface area contributed by atoms with Gasteiger partial charge in [-0.2, -0.15) is 0 Å². The molecule has 1 aliphatic carbocycles. The number of hydrogen-bond acceptors (Lipinski definition) is 5. The van der Waals surface area contributed by atoms with Crippen molar-refractivity contribution in [1.29, 1.82) is 0 Å². The molecule has 0 unspecified atom stereocenters. The first-order chi connectivity index (χ1) is 10.7. The Hall–Kier alpha value is -1.14. The van der Waals surface area contributed by atoms with Crippen molar-refractivity contribution >= 4 is 17.7 Å². The summed E-state index contributed by atoms with van der Waals surface area (Å²) in [6.07, 6.45) is 8.79. The van der Waals surface area contributed by atoms with E-state index in [1.165, 1.54) is 31.0 Å². The average molecular weight is 321 g/mol. The van der Waals surface area contributed by atoms with E-state index in [9.17, 15) is 4.79 Å². The lowest BCUT2D eigenvalue weighted by Gasteiger charge is -2.32. The number of carbonyl (C=O) groups is 1. The van der Waals surface area contributed by atoms with Crippen LogP contribution in [0, 0.1) is 6.92 Å². The molecule has 0 radical (unpaired) electrons. The number of aromatic nitrogens is 2. The van der Waals surface area contributed by atoms with Crippen LogP contribution >= 0.6 is 11.8 Å². The maximum atomic E-state index is 12.1. The number of carbonyl (C=O) groups excluding carboxylic acids is 1. The summed E-state index contributed by atoms with van der Waals surface area (Å²) in [5.41, 5.74) is 0.963. The van der Waals surface area contributed by atoms with Gasteiger partial charge in [-0.05, 0) is 32.3 Å². The highest BCUT2D eigenvalue weighted by Crippen LogP contribution is 2.39. The van der Waals surface area contributed by atoms with Crippen molar-refractivity contribution in [2.75, 3.05) is 12.4 Å². The molecule has 1 atom stereocenters. The SMILES string of the molecule is Cc1ccnc(SCC(=O)N[C@@H]2COC3(CCCCC3)C2)n1. The van der Waals surface area contributed by atoms with Crippen LogP contribution in [0.3, 0.4) is 0 Å². The Kier molecular flexibility index (Phi) is 4.98. The van der Waals surface area contributed by atoms with Gasteiger partial charge in [0.1, 0.15) is 0 Å². The van der Waals surface area contributed by atoms with Gasteiger partial charge in [0.05, 0.1) is 24.0 Å². The molecular weight excluding hydrogens is 298 g/mol. The van der Waals surface area contributed by atoms with Gasteiger partial charge in [0, 0.05) is 11.9 Å². The lowest BCUT2D eigenvalue weighted by molar-refractivity contribution is -0.119. The summed E-state index contributed by atoms with van der Waals surface area (Å²) in [6, 6.07) is 2.01. The molecule has 1 amide bonds. The molecule has 1 aliphatic heterocycles. The number of thioether (sulfide) groups is 1. The fourth-order valence-electron chi connectivity index (χ4n) is 3.38. The maximum absolute atomic E-state index is 12.1. The van der Waals surface area contributed by atoms with Gasteiger partial charge in [-0.1, -0.05) is 31.0 Å². The van der Waals surface area contributed by atoms with Crippen molar-refractivity contribution in [3.8, 4) is 0 Å². The highest BCUT2D eigenvalue weighted by molar-refractivity contribution is 7.99. The standard InChI is InChI=1S/C16H23N3O2S/c1-12-5-8-17-15(18-12)22-11-14(20)19-13-9-16(21-10-13)6-3-2-4-7-16/h5,8,13H,2-4,6-7,9-11H2,1H3,(H,19,20)/t13-/m0/s1. The number of amides is 1. The molecule has 2 aliphatic rings. The topological polar surface area (TPSA) is 64.1 Å². The minimum absolute atomic E-state index is 0.0385. The maximum Gasteiger partial charge on any atom is 0.230 e. The van der Waals surface area contributed by atoms with Crippen molar-refractivity contribution in [1.82, 2.24) is 15.3 Å². The Morgan fingerprint density at radius 1 is 1.45 bits per heavy atom. The molecular formula is C16H23N3O2S. The molecule has 2 fully saturated rings. The van der Waals surface area contributed by atoms with Crippen LogP contribution in [0.15, 0.2) is 17.4 Å². The smallest absolute Gasteiger partial charge is 0.230 e. The van der Waals surface area contributed by atoms with Crippen molar-refractivity contribution in [3.63, 3.8) is 0 Å². The Balaban J connectivity index is 1.44. The number of nitrogens with one attached hydrogen (secondary N) is 1. The molecule has 5 nitrogen and oxygen atoms in total. The van der Waals surface area contributed by atoms with Crippen LogP contribution in [0.5, 0.6) is 0 Å². The van der Waals surface area contributed by atoms with Gasteiger partial charge >= 0.3 is 0 Å². The van der Waals surface area contributed by atoms with Gasteiger partial charge in [0.15, 0.2) is 5.16 Å². The van der Waals surface area contributed by atoms with Crippen LogP contribution < -0.4 is 5.32 Å². The lowest BCUT2D eigenvalue weighted by Crippen LogP contribution is -2.38. The number of ether oxygens (including phenoxy) is 1. The van der Waals surface area contributed by atoms with Crippen LogP contribution in [0.2, 0.25) is 0 Å². The minimum atomic E-state index is 0.0385. The van der Waals surface area contributed by atoms with Crippen molar-refractivity contribution in [3.05, 3.63) is 18.0 Å². The van der Waals surface area contributed by atoms with E-state index >= 15 is 0 Å². The molecule has 2 heterocycles. The average Bonchev–Trinajstić information content (AvgIpc) is 2.88. The number of nitrogens with zero attached hydrogens (tertiary/aromatic N) is 2. The number of aryl methyl sites for hydroxylation is 1. The summed E-state index contributed by atoms with van der Waals surface area (Å²) in [5.74, 6) is 0.393. The van der Waals surface area contributed by atoms with Gasteiger partial charge in [-0.25, -0.2) is 9.97 Å². The second-order valence-corrected chi connectivity index (χ2v) is 7.24. The van der Waals surface area contributed by atoms with Gasteiger partial charge in [0.2, 0.25) is 5.91 Å². The molecule has 0 aromatic carbocycles. The molecule has 22 heavy (non-hydrogen) atoms. The van der Waals surface area contributed by atoms with E-state index in [1.54, 1.807) is 6.20 Å². The molecule has 1 saturated carbocycles. The molecule has 120 valence electrons. The Labute approximate surface area is 135 Å². The molecule has 1 N–H and O–H groups in total. The third-order valence-electron chi connectivity index (χ3n) is 4.44. The van der Waals surface area contributed by atoms with Crippen molar-refractivity contribution < 1.29 is 9.53 Å². The Morgan fingerprint density at radius 3 is 3.05 bits per heavy atom. The van der Waals surface area contributed by atoms with Crippen LogP contribution in [0.4, 0.5) is 0 Å². The van der Waals surface area contributed by atoms with E-state index < -0.39 is 0 Å². The summed E-state index contributed by atoms with van der Waals surface area (Å²) >= 11 is 1.38. The second kappa shape index (κ2) is 6.96. The zero-order chi connectivity index (χ0) is 15.4. The fourth-order valence-corrected chi connectivity index (χ4v) is 4.06. The highest BCUT2D eigenvalue weighted by Gasteiger charge is 2.41. The Morgan fingerprint density at radius 2 is 2.27 bits per heavy atom. The fraction of sp³-hybridized carbons (Fsp3) is 0.688. The van der Waals surface area contributed by atoms with E-state index in [2.05, 4.69) is 15.3 Å². The van der Waals surface area contributed by atoms with E-state index in [0.29, 0.717) is 17.5 Å². The third kappa shape index (κ3) is 3.98. The van der Waals surface area contributed by atoms with E-state index in [1.807, 2.05) is 13.0 Å². The monoisotopic (exact) mass is 321 g/mol. The van der Waals surface area contributed by atoms with Gasteiger partial charge < -0.3 is 10.1 Å². The molecule has 3 rings (SSSR count). The molecule has 1 spiro atoms. The van der Waals surface area contributed by atoms with Crippen molar-refractivity contribution in [2.45, 2.75) is 62.2 Å². The zero-order valence-electron chi connectivity index (χ0n) is 13.0. The quantitative estimate of drug-likeness (QED) is 0.682. The summed E-state index contributed by atoms with van der Waals surface area (Å²) in [7, 11) is 0. The zero-order valence-corrected chi connectivity index (χ0v) is 13.8. The summed E-state index contributed by atoms with van der Waals surface area (Å²) < 4.78 is 6.03. The van der Waals surface area contributed by atoms with E-state index in [-0.39, 0.29) is 17.6 Å². The highest BCUT2D eigenvalue weighted by atomic mass is 32.2. The predicted octanol–water partition coefficient (Wildman–Crippen LogP) is 2.49. The number of rotatable bonds is 4. The van der Waals surface area contributed by atoms with Crippen LogP contribution in [-0.4, -0.2) is 39.9 Å². The second-order valence-electron chi connectivity index (χ2n) is 6.29. The lowest BCUT2D eigenvalue weighted by atomic mass is 9.82. The molecule has 1 saturated heterocycles. The first kappa shape index (κ1) is 15.7. The van der Waals surface area contributed by atoms with Crippen molar-refractivity contribution in [2.24, 2.45) is 0 Å². The minimum Gasteiger partial charge on any atom is -0.373 e. The van der Waals surface area contributed by atoms with Crippen LogP contribution in [0.25, 0.3) is 0 Å². The van der Waals surface area contributed by atoms with E-state index in [0.717, 1.165) is 25.0 Å². The largest absolute Gasteiger partial charge is 0.373 e. The normalized spacial score (nSPS) is 23.6. The number of hydrogen-bond donors (Lipinski definition) is 1. The predicted molar refractivity (Wildman–Crippen MR) is 85.8 cm³/mol. The van der Waals surface area contributed by atoms with Crippen LogP contribution in [-0.2, 0) is 9.53 Å². The Bertz CT molecular complexity index is 532. The van der Waals surface area contributed by atoms with Gasteiger partial charge in [0.25, 0.3) is 0 Å². The van der Waals surface area contributed by atoms with E-state index in [4.69, 9.17) is 4.74 Å². The molecule has 1 aromatic rings. The summed E-state index contributed by atoms with van der Waals surface area (Å²) in [6.45, 7) is 2.57. The first-order valence-electron chi connectivity index (χ1n) is 8.01. The van der Waals surface area contributed by atoms with Crippen LogP contribution in [0.1, 0.15) is 44.2 Å². The first-order valence-corrected chi connectivity index (χ1v) is 9.00. The van der Waals surface area contributed by atoms with Gasteiger partial charge in [-0.15, -0.1) is 0 Å². The molecule has 0 bridgehead atoms. The third-order valence-corrected chi connectivity index (χ3v) is 5.31. The van der Waals surface area contributed by atoms with Gasteiger partial charge in [-0.3, -0.25) is 4.79 Å². The molecule has 1 aromatic heterocycles. The summed E-state index contributed by atoms with van der Waals surface area (Å²) in [4.78, 5) is 20.5.